The van der Waals surface area contributed by atoms with Gasteiger partial charge in [0.25, 0.3) is 0 Å². The van der Waals surface area contributed by atoms with Crippen molar-refractivity contribution < 1.29 is 14.6 Å². The van der Waals surface area contributed by atoms with Gasteiger partial charge >= 0.3 is 0 Å². The molecule has 0 amide bonds. The van der Waals surface area contributed by atoms with Gasteiger partial charge in [0.1, 0.15) is 11.5 Å². The third kappa shape index (κ3) is 2.70. The highest BCUT2D eigenvalue weighted by Crippen LogP contribution is 2.35. The summed E-state index contributed by atoms with van der Waals surface area (Å²) in [5.74, 6) is 1.44. The standard InChI is InChI=1S/C13H21NO3/c1-8-11(16-4)7-6-10(13(8)17-5)12(15)9(2)14-3/h6-7,9,12,14-15H,1-5H3. The van der Waals surface area contributed by atoms with Crippen molar-refractivity contribution in [3.63, 3.8) is 0 Å². The van der Waals surface area contributed by atoms with Crippen molar-refractivity contribution in [3.8, 4) is 11.5 Å². The summed E-state index contributed by atoms with van der Waals surface area (Å²) in [6, 6.07) is 3.64. The summed E-state index contributed by atoms with van der Waals surface area (Å²) in [6.45, 7) is 3.83. The van der Waals surface area contributed by atoms with Gasteiger partial charge in [-0.1, -0.05) is 0 Å². The average molecular weight is 239 g/mol. The predicted octanol–water partition coefficient (Wildman–Crippen LogP) is 1.65. The number of aliphatic hydroxyl groups excluding tert-OH is 1. The lowest BCUT2D eigenvalue weighted by Crippen LogP contribution is -2.29. The first kappa shape index (κ1) is 13.8. The molecule has 1 rings (SSSR count). The van der Waals surface area contributed by atoms with Crippen molar-refractivity contribution in [2.24, 2.45) is 0 Å². The second-order valence-corrected chi connectivity index (χ2v) is 4.04. The Balaban J connectivity index is 3.20. The molecule has 0 aliphatic carbocycles. The van der Waals surface area contributed by atoms with Gasteiger partial charge in [-0.2, -0.15) is 0 Å². The zero-order chi connectivity index (χ0) is 13.0. The smallest absolute Gasteiger partial charge is 0.131 e. The van der Waals surface area contributed by atoms with E-state index in [1.54, 1.807) is 14.2 Å². The van der Waals surface area contributed by atoms with Gasteiger partial charge in [0.2, 0.25) is 0 Å². The SMILES string of the molecule is CNC(C)C(O)c1ccc(OC)c(C)c1OC. The van der Waals surface area contributed by atoms with Gasteiger partial charge in [0, 0.05) is 17.2 Å². The van der Waals surface area contributed by atoms with Crippen molar-refractivity contribution in [3.05, 3.63) is 23.3 Å². The fourth-order valence-corrected chi connectivity index (χ4v) is 1.85. The topological polar surface area (TPSA) is 50.7 Å². The molecule has 2 unspecified atom stereocenters. The largest absolute Gasteiger partial charge is 0.496 e. The van der Waals surface area contributed by atoms with Gasteiger partial charge in [-0.25, -0.2) is 0 Å². The molecule has 0 radical (unpaired) electrons. The summed E-state index contributed by atoms with van der Waals surface area (Å²) in [4.78, 5) is 0. The summed E-state index contributed by atoms with van der Waals surface area (Å²) in [6.07, 6.45) is -0.612. The second-order valence-electron chi connectivity index (χ2n) is 4.04. The van der Waals surface area contributed by atoms with E-state index in [0.29, 0.717) is 5.75 Å². The van der Waals surface area contributed by atoms with E-state index < -0.39 is 6.10 Å². The van der Waals surface area contributed by atoms with Crippen LogP contribution in [0.1, 0.15) is 24.2 Å². The van der Waals surface area contributed by atoms with Crippen LogP contribution in [0.5, 0.6) is 11.5 Å². The Morgan fingerprint density at radius 2 is 1.88 bits per heavy atom. The maximum Gasteiger partial charge on any atom is 0.131 e. The average Bonchev–Trinajstić information content (AvgIpc) is 2.36. The monoisotopic (exact) mass is 239 g/mol. The van der Waals surface area contributed by atoms with E-state index in [2.05, 4.69) is 5.32 Å². The Hall–Kier alpha value is -1.26. The van der Waals surface area contributed by atoms with Crippen molar-refractivity contribution in [1.29, 1.82) is 0 Å². The molecule has 1 aromatic rings. The summed E-state index contributed by atoms with van der Waals surface area (Å²) in [5, 5.41) is 13.2. The van der Waals surface area contributed by atoms with Crippen molar-refractivity contribution in [2.75, 3.05) is 21.3 Å². The molecule has 0 spiro atoms. The van der Waals surface area contributed by atoms with E-state index in [4.69, 9.17) is 9.47 Å². The molecule has 4 nitrogen and oxygen atoms in total. The van der Waals surface area contributed by atoms with Gasteiger partial charge in [0.05, 0.1) is 20.3 Å². The number of benzene rings is 1. The Morgan fingerprint density at radius 3 is 2.35 bits per heavy atom. The molecule has 0 aliphatic heterocycles. The Bertz CT molecular complexity index is 379. The van der Waals surface area contributed by atoms with Crippen LogP contribution >= 0.6 is 0 Å². The number of hydrogen-bond donors (Lipinski definition) is 2. The van der Waals surface area contributed by atoms with Gasteiger partial charge in [-0.3, -0.25) is 0 Å². The van der Waals surface area contributed by atoms with Crippen LogP contribution < -0.4 is 14.8 Å². The lowest BCUT2D eigenvalue weighted by molar-refractivity contribution is 0.136. The van der Waals surface area contributed by atoms with Crippen LogP contribution in [-0.4, -0.2) is 32.4 Å². The molecule has 1 aromatic carbocycles. The highest BCUT2D eigenvalue weighted by Gasteiger charge is 2.21. The van der Waals surface area contributed by atoms with E-state index in [1.165, 1.54) is 0 Å². The van der Waals surface area contributed by atoms with Crippen LogP contribution in [0, 0.1) is 6.92 Å². The summed E-state index contributed by atoms with van der Waals surface area (Å²) >= 11 is 0. The first-order chi connectivity index (χ1) is 8.06. The molecule has 0 aliphatic rings. The summed E-state index contributed by atoms with van der Waals surface area (Å²) in [7, 11) is 5.03. The van der Waals surface area contributed by atoms with Crippen molar-refractivity contribution in [1.82, 2.24) is 5.32 Å². The number of methoxy groups -OCH3 is 2. The zero-order valence-electron chi connectivity index (χ0n) is 11.1. The quantitative estimate of drug-likeness (QED) is 0.820. The molecule has 2 N–H and O–H groups in total. The van der Waals surface area contributed by atoms with Gasteiger partial charge in [-0.15, -0.1) is 0 Å². The first-order valence-electron chi connectivity index (χ1n) is 5.63. The molecule has 96 valence electrons. The maximum absolute atomic E-state index is 10.2. The minimum Gasteiger partial charge on any atom is -0.496 e. The van der Waals surface area contributed by atoms with Gasteiger partial charge in [0.15, 0.2) is 0 Å². The normalized spacial score (nSPS) is 14.2. The van der Waals surface area contributed by atoms with Crippen LogP contribution in [0.15, 0.2) is 12.1 Å². The number of rotatable bonds is 5. The molecular weight excluding hydrogens is 218 g/mol. The minimum absolute atomic E-state index is 0.0447. The molecule has 4 heteroatoms. The number of nitrogens with one attached hydrogen (secondary N) is 1. The molecular formula is C13H21NO3. The Labute approximate surface area is 103 Å². The van der Waals surface area contributed by atoms with E-state index in [1.807, 2.05) is 33.0 Å². The number of aliphatic hydroxyl groups is 1. The molecule has 2 atom stereocenters. The molecule has 0 bridgehead atoms. The van der Waals surface area contributed by atoms with Gasteiger partial charge < -0.3 is 19.9 Å². The Morgan fingerprint density at radius 1 is 1.24 bits per heavy atom. The molecule has 17 heavy (non-hydrogen) atoms. The van der Waals surface area contributed by atoms with Crippen LogP contribution in [-0.2, 0) is 0 Å². The van der Waals surface area contributed by atoms with Crippen LogP contribution in [0.3, 0.4) is 0 Å². The molecule has 0 aromatic heterocycles. The molecule has 0 heterocycles. The van der Waals surface area contributed by atoms with E-state index in [-0.39, 0.29) is 6.04 Å². The lowest BCUT2D eigenvalue weighted by atomic mass is 9.99. The third-order valence-electron chi connectivity index (χ3n) is 3.06. The van der Waals surface area contributed by atoms with E-state index in [9.17, 15) is 5.11 Å². The lowest BCUT2D eigenvalue weighted by Gasteiger charge is -2.22. The van der Waals surface area contributed by atoms with Crippen LogP contribution in [0.25, 0.3) is 0 Å². The van der Waals surface area contributed by atoms with Crippen LogP contribution in [0.2, 0.25) is 0 Å². The highest BCUT2D eigenvalue weighted by molar-refractivity contribution is 5.50. The fourth-order valence-electron chi connectivity index (χ4n) is 1.85. The van der Waals surface area contributed by atoms with Crippen molar-refractivity contribution >= 4 is 0 Å². The highest BCUT2D eigenvalue weighted by atomic mass is 16.5. The van der Waals surface area contributed by atoms with Gasteiger partial charge in [-0.05, 0) is 33.0 Å². The second kappa shape index (κ2) is 5.89. The summed E-state index contributed by atoms with van der Waals surface area (Å²) in [5.41, 5.74) is 1.67. The first-order valence-corrected chi connectivity index (χ1v) is 5.63. The van der Waals surface area contributed by atoms with E-state index >= 15 is 0 Å². The third-order valence-corrected chi connectivity index (χ3v) is 3.06. The van der Waals surface area contributed by atoms with Crippen molar-refractivity contribution in [2.45, 2.75) is 26.0 Å². The predicted molar refractivity (Wildman–Crippen MR) is 67.8 cm³/mol. The van der Waals surface area contributed by atoms with E-state index in [0.717, 1.165) is 16.9 Å². The summed E-state index contributed by atoms with van der Waals surface area (Å²) < 4.78 is 10.6. The Kier molecular flexibility index (Phi) is 4.78. The van der Waals surface area contributed by atoms with Crippen LogP contribution in [0.4, 0.5) is 0 Å². The number of ether oxygens (including phenoxy) is 2. The number of likely N-dealkylation sites (N-methyl/N-ethyl adjacent to an activating group) is 1. The number of hydrogen-bond acceptors (Lipinski definition) is 4. The fraction of sp³-hybridized carbons (Fsp3) is 0.538. The molecule has 0 fully saturated rings. The zero-order valence-corrected chi connectivity index (χ0v) is 11.1. The molecule has 0 saturated carbocycles. The minimum atomic E-state index is -0.612. The maximum atomic E-state index is 10.2. The molecule has 0 saturated heterocycles.